The van der Waals surface area contributed by atoms with Gasteiger partial charge in [0.25, 0.3) is 12.3 Å². The first-order valence-corrected chi connectivity index (χ1v) is 5.08. The van der Waals surface area contributed by atoms with Crippen molar-refractivity contribution in [2.24, 2.45) is 0 Å². The van der Waals surface area contributed by atoms with Crippen molar-refractivity contribution < 1.29 is 13.6 Å². The summed E-state index contributed by atoms with van der Waals surface area (Å²) in [5.41, 5.74) is 0.514. The summed E-state index contributed by atoms with van der Waals surface area (Å²) in [5, 5.41) is 0. The van der Waals surface area contributed by atoms with Crippen LogP contribution in [-0.2, 0) is 0 Å². The molecule has 0 radical (unpaired) electrons. The molecule has 1 heterocycles. The summed E-state index contributed by atoms with van der Waals surface area (Å²) in [6.07, 6.45) is 0.163. The van der Waals surface area contributed by atoms with E-state index in [1.807, 2.05) is 0 Å². The van der Waals surface area contributed by atoms with Crippen molar-refractivity contribution in [2.75, 3.05) is 13.6 Å². The van der Waals surface area contributed by atoms with Crippen LogP contribution in [0.4, 0.5) is 8.78 Å². The minimum Gasteiger partial charge on any atom is -0.338 e. The zero-order valence-corrected chi connectivity index (χ0v) is 9.78. The number of likely N-dealkylation sites (N-methyl/N-ethyl adjacent to an activating group) is 1. The van der Waals surface area contributed by atoms with Gasteiger partial charge in [0.05, 0.1) is 5.56 Å². The molecule has 0 atom stereocenters. The fraction of sp³-hybridized carbons (Fsp3) is 0.333. The van der Waals surface area contributed by atoms with E-state index >= 15 is 0 Å². The second-order valence-electron chi connectivity index (χ2n) is 3.70. The lowest BCUT2D eigenvalue weighted by molar-refractivity contribution is 0.0808. The molecule has 5 heteroatoms. The monoisotopic (exact) mass is 240 g/mol. The molecule has 0 aromatic carbocycles. The molecule has 17 heavy (non-hydrogen) atoms. The number of carbonyl (C=O) groups excluding carboxylic acids is 1. The summed E-state index contributed by atoms with van der Waals surface area (Å²) in [7, 11) is 1.62. The molecule has 0 saturated carbocycles. The Morgan fingerprint density at radius 1 is 1.65 bits per heavy atom. The maximum absolute atomic E-state index is 12.4. The Morgan fingerprint density at radius 3 is 2.76 bits per heavy atom. The Bertz CT molecular complexity index is 433. The molecule has 0 N–H and O–H groups in total. The quantitative estimate of drug-likeness (QED) is 0.758. The summed E-state index contributed by atoms with van der Waals surface area (Å²) in [6.45, 7) is 5.54. The highest BCUT2D eigenvalue weighted by atomic mass is 19.3. The first kappa shape index (κ1) is 13.3. The van der Waals surface area contributed by atoms with Gasteiger partial charge in [0.15, 0.2) is 0 Å². The summed E-state index contributed by atoms with van der Waals surface area (Å²) in [4.78, 5) is 16.9. The smallest absolute Gasteiger partial charge is 0.280 e. The highest BCUT2D eigenvalue weighted by Crippen LogP contribution is 2.19. The summed E-state index contributed by atoms with van der Waals surface area (Å²) < 4.78 is 24.8. The molecule has 0 aliphatic carbocycles. The molecule has 3 nitrogen and oxygen atoms in total. The van der Waals surface area contributed by atoms with E-state index in [0.29, 0.717) is 17.7 Å². The van der Waals surface area contributed by atoms with Gasteiger partial charge < -0.3 is 4.90 Å². The zero-order chi connectivity index (χ0) is 13.0. The van der Waals surface area contributed by atoms with Crippen LogP contribution in [0.2, 0.25) is 0 Å². The van der Waals surface area contributed by atoms with Gasteiger partial charge in [-0.25, -0.2) is 8.78 Å². The van der Waals surface area contributed by atoms with Crippen molar-refractivity contribution in [3.8, 4) is 0 Å². The second-order valence-corrected chi connectivity index (χ2v) is 3.70. The Hall–Kier alpha value is -1.78. The molecule has 0 spiro atoms. The van der Waals surface area contributed by atoms with Crippen molar-refractivity contribution in [1.82, 2.24) is 9.88 Å². The molecule has 1 aromatic heterocycles. The first-order chi connectivity index (χ1) is 7.97. The van der Waals surface area contributed by atoms with E-state index in [-0.39, 0.29) is 11.6 Å². The van der Waals surface area contributed by atoms with Crippen LogP contribution in [0.3, 0.4) is 0 Å². The Labute approximate surface area is 98.8 Å². The van der Waals surface area contributed by atoms with Crippen LogP contribution in [0.1, 0.15) is 28.0 Å². The minimum atomic E-state index is -2.62. The number of rotatable bonds is 4. The molecular formula is C12H14F2N2O. The maximum Gasteiger partial charge on any atom is 0.280 e. The second kappa shape index (κ2) is 5.52. The molecule has 1 amide bonds. The maximum atomic E-state index is 12.4. The number of pyridine rings is 1. The van der Waals surface area contributed by atoms with Gasteiger partial charge in [-0.1, -0.05) is 6.08 Å². The molecule has 0 aliphatic heterocycles. The lowest BCUT2D eigenvalue weighted by Gasteiger charge is -2.16. The normalized spacial score (nSPS) is 10.4. The summed E-state index contributed by atoms with van der Waals surface area (Å²) >= 11 is 0. The third-order valence-electron chi connectivity index (χ3n) is 2.34. The van der Waals surface area contributed by atoms with Crippen LogP contribution in [0.5, 0.6) is 0 Å². The predicted octanol–water partition coefficient (Wildman–Crippen LogP) is 2.59. The van der Waals surface area contributed by atoms with Gasteiger partial charge >= 0.3 is 0 Å². The van der Waals surface area contributed by atoms with Gasteiger partial charge in [-0.05, 0) is 18.6 Å². The number of hydrogen-bond donors (Lipinski definition) is 0. The minimum absolute atomic E-state index is 0.254. The van der Waals surface area contributed by atoms with Gasteiger partial charge in [0.2, 0.25) is 0 Å². The largest absolute Gasteiger partial charge is 0.338 e. The Balaban J connectivity index is 2.99. The number of aromatic nitrogens is 1. The van der Waals surface area contributed by atoms with Crippen LogP contribution in [0.15, 0.2) is 24.9 Å². The van der Waals surface area contributed by atoms with Gasteiger partial charge in [0, 0.05) is 19.8 Å². The average Bonchev–Trinajstić information content (AvgIpc) is 2.28. The fourth-order valence-corrected chi connectivity index (χ4v) is 1.40. The fourth-order valence-electron chi connectivity index (χ4n) is 1.40. The SMILES string of the molecule is C=CCN(C)C(=O)c1cnc(C(F)F)cc1C. The lowest BCUT2D eigenvalue weighted by atomic mass is 10.1. The average molecular weight is 240 g/mol. The zero-order valence-electron chi connectivity index (χ0n) is 9.78. The van der Waals surface area contributed by atoms with Gasteiger partial charge in [-0.2, -0.15) is 0 Å². The summed E-state index contributed by atoms with van der Waals surface area (Å²) in [6, 6.07) is 1.24. The van der Waals surface area contributed by atoms with Crippen molar-refractivity contribution in [3.63, 3.8) is 0 Å². The van der Waals surface area contributed by atoms with Crippen LogP contribution in [-0.4, -0.2) is 29.4 Å². The molecule has 0 bridgehead atoms. The number of halogens is 2. The van der Waals surface area contributed by atoms with Crippen molar-refractivity contribution in [3.05, 3.63) is 41.7 Å². The van der Waals surface area contributed by atoms with Crippen LogP contribution < -0.4 is 0 Å². The number of amides is 1. The molecule has 1 rings (SSSR count). The van der Waals surface area contributed by atoms with E-state index in [9.17, 15) is 13.6 Å². The number of carbonyl (C=O) groups is 1. The molecule has 0 unspecified atom stereocenters. The van der Waals surface area contributed by atoms with E-state index in [2.05, 4.69) is 11.6 Å². The molecule has 0 fully saturated rings. The standard InChI is InChI=1S/C12H14F2N2O/c1-4-5-16(3)12(17)9-7-15-10(11(13)14)6-8(9)2/h4,6-7,11H,1,5H2,2-3H3. The van der Waals surface area contributed by atoms with E-state index in [1.165, 1.54) is 17.2 Å². The van der Waals surface area contributed by atoms with E-state index in [1.54, 1.807) is 20.0 Å². The molecule has 0 saturated heterocycles. The Kier molecular flexibility index (Phi) is 4.31. The Morgan fingerprint density at radius 2 is 2.29 bits per heavy atom. The molecular weight excluding hydrogens is 226 g/mol. The number of hydrogen-bond acceptors (Lipinski definition) is 2. The lowest BCUT2D eigenvalue weighted by Crippen LogP contribution is -2.27. The van der Waals surface area contributed by atoms with Gasteiger partial charge in [-0.3, -0.25) is 9.78 Å². The van der Waals surface area contributed by atoms with Crippen LogP contribution in [0.25, 0.3) is 0 Å². The van der Waals surface area contributed by atoms with E-state index in [0.717, 1.165) is 0 Å². The number of nitrogens with zero attached hydrogens (tertiary/aromatic N) is 2. The van der Waals surface area contributed by atoms with E-state index in [4.69, 9.17) is 0 Å². The topological polar surface area (TPSA) is 33.2 Å². The van der Waals surface area contributed by atoms with Crippen molar-refractivity contribution in [2.45, 2.75) is 13.3 Å². The molecule has 0 aliphatic rings. The number of alkyl halides is 2. The third kappa shape index (κ3) is 3.09. The number of aryl methyl sites for hydroxylation is 1. The van der Waals surface area contributed by atoms with Gasteiger partial charge in [0.1, 0.15) is 5.69 Å². The molecule has 1 aromatic rings. The van der Waals surface area contributed by atoms with Crippen molar-refractivity contribution >= 4 is 5.91 Å². The van der Waals surface area contributed by atoms with Gasteiger partial charge in [-0.15, -0.1) is 6.58 Å². The van der Waals surface area contributed by atoms with Crippen molar-refractivity contribution in [1.29, 1.82) is 0 Å². The van der Waals surface area contributed by atoms with Crippen LogP contribution >= 0.6 is 0 Å². The van der Waals surface area contributed by atoms with Crippen LogP contribution in [0, 0.1) is 6.92 Å². The first-order valence-electron chi connectivity index (χ1n) is 5.08. The third-order valence-corrected chi connectivity index (χ3v) is 2.34. The predicted molar refractivity (Wildman–Crippen MR) is 61.1 cm³/mol. The summed E-state index contributed by atoms with van der Waals surface area (Å²) in [5.74, 6) is -0.254. The highest BCUT2D eigenvalue weighted by Gasteiger charge is 2.16. The van der Waals surface area contributed by atoms with E-state index < -0.39 is 6.43 Å². The highest BCUT2D eigenvalue weighted by molar-refractivity contribution is 5.95. The molecule has 92 valence electrons.